The third-order valence-corrected chi connectivity index (χ3v) is 7.00. The molecule has 5 rings (SSSR count). The molecular weight excluding hydrogens is 410 g/mol. The monoisotopic (exact) mass is 443 g/mol. The molecule has 2 saturated heterocycles. The number of piperazine rings is 1. The molecule has 3 aliphatic rings. The number of allylic oxidation sites excluding steroid dienone is 4. The zero-order valence-electron chi connectivity index (χ0n) is 19.8. The average molecular weight is 444 g/mol. The highest BCUT2D eigenvalue weighted by Gasteiger charge is 2.35. The summed E-state index contributed by atoms with van der Waals surface area (Å²) in [5.74, 6) is 0.653. The summed E-state index contributed by atoms with van der Waals surface area (Å²) in [6, 6.07) is 7.50. The summed E-state index contributed by atoms with van der Waals surface area (Å²) in [6.07, 6.45) is 10.9. The third-order valence-electron chi connectivity index (χ3n) is 7.00. The number of pyridine rings is 2. The van der Waals surface area contributed by atoms with E-state index in [0.29, 0.717) is 24.3 Å². The van der Waals surface area contributed by atoms with Crippen molar-refractivity contribution in [1.29, 1.82) is 0 Å². The van der Waals surface area contributed by atoms with Crippen LogP contribution in [0.4, 0.5) is 5.69 Å². The molecule has 2 aromatic rings. The zero-order valence-corrected chi connectivity index (χ0v) is 19.8. The van der Waals surface area contributed by atoms with Crippen LogP contribution < -0.4 is 10.6 Å². The van der Waals surface area contributed by atoms with Crippen LogP contribution in [0.2, 0.25) is 0 Å². The number of aromatic nitrogens is 2. The number of nitrogens with zero attached hydrogens (tertiary/aromatic N) is 6. The van der Waals surface area contributed by atoms with Crippen molar-refractivity contribution in [2.24, 2.45) is 10.7 Å². The molecule has 0 bridgehead atoms. The average Bonchev–Trinajstić information content (AvgIpc) is 3.19. The van der Waals surface area contributed by atoms with Crippen molar-refractivity contribution in [2.45, 2.75) is 32.4 Å². The van der Waals surface area contributed by atoms with E-state index in [9.17, 15) is 0 Å². The largest absolute Gasteiger partial charge is 0.387 e. The summed E-state index contributed by atoms with van der Waals surface area (Å²) in [5, 5.41) is 0. The normalized spacial score (nSPS) is 23.3. The van der Waals surface area contributed by atoms with Gasteiger partial charge < -0.3 is 15.5 Å². The van der Waals surface area contributed by atoms with Crippen molar-refractivity contribution in [3.63, 3.8) is 0 Å². The minimum absolute atomic E-state index is 0.624. The topological polar surface area (TPSA) is 73.9 Å². The first-order chi connectivity index (χ1) is 16.0. The molecule has 1 atom stereocenters. The first kappa shape index (κ1) is 21.8. The van der Waals surface area contributed by atoms with E-state index in [0.717, 1.165) is 66.4 Å². The molecule has 7 nitrogen and oxygen atoms in total. The van der Waals surface area contributed by atoms with Crippen LogP contribution in [0.1, 0.15) is 26.0 Å². The van der Waals surface area contributed by atoms with Crippen LogP contribution in [0.15, 0.2) is 59.4 Å². The van der Waals surface area contributed by atoms with Gasteiger partial charge in [-0.15, -0.1) is 0 Å². The summed E-state index contributed by atoms with van der Waals surface area (Å²) >= 11 is 0. The Labute approximate surface area is 196 Å². The van der Waals surface area contributed by atoms with Gasteiger partial charge in [0, 0.05) is 56.8 Å². The lowest BCUT2D eigenvalue weighted by Crippen LogP contribution is -2.64. The molecule has 7 heteroatoms. The molecule has 0 spiro atoms. The van der Waals surface area contributed by atoms with Gasteiger partial charge in [-0.3, -0.25) is 9.88 Å². The molecule has 0 amide bonds. The van der Waals surface area contributed by atoms with Gasteiger partial charge in [0.1, 0.15) is 5.84 Å². The van der Waals surface area contributed by atoms with Crippen LogP contribution in [0.5, 0.6) is 0 Å². The number of anilines is 1. The van der Waals surface area contributed by atoms with Crippen LogP contribution in [0.25, 0.3) is 16.6 Å². The van der Waals surface area contributed by atoms with Gasteiger partial charge in [0.05, 0.1) is 34.3 Å². The maximum Gasteiger partial charge on any atom is 0.103 e. The minimum atomic E-state index is 0.624. The van der Waals surface area contributed by atoms with Gasteiger partial charge >= 0.3 is 0 Å². The molecule has 3 aliphatic heterocycles. The standard InChI is InChI=1S/C26H33N7/c1-4-5-19(12-20-6-9-26(27)29-20)23-7-8-24-25(30-23)13-21(14-28-24)33-16-22(17-33)32-11-10-31(3)18(2)15-32/h4-8,12-14,18,22H,9-11,15-17H2,1-3H3,(H2,27,29)/b5-4-,19-12+. The first-order valence-corrected chi connectivity index (χ1v) is 11.8. The molecule has 1 unspecified atom stereocenters. The fraction of sp³-hybridized carbons (Fsp3) is 0.423. The molecule has 33 heavy (non-hydrogen) atoms. The number of amidine groups is 1. The lowest BCUT2D eigenvalue weighted by atomic mass is 10.0. The number of aliphatic imine (C=N–C) groups is 1. The number of hydrogen-bond donors (Lipinski definition) is 1. The van der Waals surface area contributed by atoms with Crippen molar-refractivity contribution in [3.8, 4) is 0 Å². The highest BCUT2D eigenvalue weighted by molar-refractivity contribution is 5.87. The quantitative estimate of drug-likeness (QED) is 0.716. The Morgan fingerprint density at radius 2 is 2.00 bits per heavy atom. The van der Waals surface area contributed by atoms with Gasteiger partial charge in [-0.2, -0.15) is 0 Å². The van der Waals surface area contributed by atoms with Gasteiger partial charge in [-0.1, -0.05) is 18.2 Å². The number of rotatable bonds is 5. The summed E-state index contributed by atoms with van der Waals surface area (Å²) < 4.78 is 0. The van der Waals surface area contributed by atoms with E-state index < -0.39 is 0 Å². The fourth-order valence-electron chi connectivity index (χ4n) is 4.74. The predicted octanol–water partition coefficient (Wildman–Crippen LogP) is 3.06. The summed E-state index contributed by atoms with van der Waals surface area (Å²) in [4.78, 5) is 21.6. The Hall–Kier alpha value is -3.03. The number of hydrogen-bond acceptors (Lipinski definition) is 7. The van der Waals surface area contributed by atoms with Crippen LogP contribution >= 0.6 is 0 Å². The SMILES string of the molecule is C/C=C\C(=C/C1=CCC(N)=N1)c1ccc2ncc(N3CC(N4CCN(C)C(C)C4)C3)cc2n1. The molecule has 2 aromatic heterocycles. The molecular formula is C26H33N7. The Morgan fingerprint density at radius 1 is 1.15 bits per heavy atom. The van der Waals surface area contributed by atoms with E-state index in [1.54, 1.807) is 0 Å². The predicted molar refractivity (Wildman–Crippen MR) is 136 cm³/mol. The van der Waals surface area contributed by atoms with Gasteiger partial charge in [0.25, 0.3) is 0 Å². The zero-order chi connectivity index (χ0) is 22.9. The smallest absolute Gasteiger partial charge is 0.103 e. The van der Waals surface area contributed by atoms with E-state index in [4.69, 9.17) is 15.7 Å². The Bertz CT molecular complexity index is 1160. The Kier molecular flexibility index (Phi) is 6.00. The van der Waals surface area contributed by atoms with E-state index in [-0.39, 0.29) is 0 Å². The van der Waals surface area contributed by atoms with Crippen LogP contribution in [0.3, 0.4) is 0 Å². The van der Waals surface area contributed by atoms with Crippen molar-refractivity contribution >= 4 is 28.1 Å². The molecule has 0 aliphatic carbocycles. The summed E-state index contributed by atoms with van der Waals surface area (Å²) in [7, 11) is 2.22. The lowest BCUT2D eigenvalue weighted by Gasteiger charge is -2.50. The highest BCUT2D eigenvalue weighted by atomic mass is 15.4. The Morgan fingerprint density at radius 3 is 2.73 bits per heavy atom. The van der Waals surface area contributed by atoms with Gasteiger partial charge in [-0.25, -0.2) is 9.98 Å². The van der Waals surface area contributed by atoms with Crippen LogP contribution in [0, 0.1) is 0 Å². The Balaban J connectivity index is 1.34. The van der Waals surface area contributed by atoms with Crippen molar-refractivity contribution in [1.82, 2.24) is 19.8 Å². The molecule has 0 radical (unpaired) electrons. The van der Waals surface area contributed by atoms with Crippen molar-refractivity contribution < 1.29 is 0 Å². The van der Waals surface area contributed by atoms with Crippen molar-refractivity contribution in [3.05, 3.63) is 60.1 Å². The van der Waals surface area contributed by atoms with Crippen molar-refractivity contribution in [2.75, 3.05) is 44.7 Å². The molecule has 0 saturated carbocycles. The van der Waals surface area contributed by atoms with Crippen LogP contribution in [-0.4, -0.2) is 77.5 Å². The second kappa shape index (κ2) is 9.08. The maximum absolute atomic E-state index is 5.84. The summed E-state index contributed by atoms with van der Waals surface area (Å²) in [5.41, 5.74) is 11.6. The van der Waals surface area contributed by atoms with Gasteiger partial charge in [0.2, 0.25) is 0 Å². The molecule has 2 fully saturated rings. The number of nitrogens with two attached hydrogens (primary N) is 1. The molecule has 172 valence electrons. The number of fused-ring (bicyclic) bond motifs is 1. The van der Waals surface area contributed by atoms with E-state index in [1.807, 2.05) is 43.5 Å². The first-order valence-electron chi connectivity index (χ1n) is 11.8. The minimum Gasteiger partial charge on any atom is -0.387 e. The highest BCUT2D eigenvalue weighted by Crippen LogP contribution is 2.28. The van der Waals surface area contributed by atoms with Gasteiger partial charge in [-0.05, 0) is 45.2 Å². The third kappa shape index (κ3) is 4.56. The molecule has 0 aromatic carbocycles. The summed E-state index contributed by atoms with van der Waals surface area (Å²) in [6.45, 7) is 9.91. The van der Waals surface area contributed by atoms with E-state index in [1.165, 1.54) is 0 Å². The second-order valence-electron chi connectivity index (χ2n) is 9.35. The second-order valence-corrected chi connectivity index (χ2v) is 9.35. The molecule has 5 heterocycles. The van der Waals surface area contributed by atoms with Crippen LogP contribution in [-0.2, 0) is 0 Å². The lowest BCUT2D eigenvalue weighted by molar-refractivity contribution is 0.0612. The van der Waals surface area contributed by atoms with E-state index in [2.05, 4.69) is 45.8 Å². The van der Waals surface area contributed by atoms with Gasteiger partial charge in [0.15, 0.2) is 0 Å². The number of likely N-dealkylation sites (N-methyl/N-ethyl adjacent to an activating group) is 1. The van der Waals surface area contributed by atoms with E-state index >= 15 is 0 Å². The maximum atomic E-state index is 5.84. The molecule has 2 N–H and O–H groups in total. The fourth-order valence-corrected chi connectivity index (χ4v) is 4.74.